The zero-order valence-electron chi connectivity index (χ0n) is 12.4. The highest BCUT2D eigenvalue weighted by Gasteiger charge is 2.24. The van der Waals surface area contributed by atoms with Gasteiger partial charge in [-0.05, 0) is 55.5 Å². The SMILES string of the molecule is Clc1ccc2[nH]c3c(c2c1)CCCC3NC1=CCC=CC=C1. The molecule has 3 heteroatoms. The Hall–Kier alpha value is -1.93. The number of H-pyrrole nitrogens is 1. The average Bonchev–Trinajstić information content (AvgIpc) is 2.70. The van der Waals surface area contributed by atoms with Crippen molar-refractivity contribution in [2.75, 3.05) is 0 Å². The first-order valence-electron chi connectivity index (χ1n) is 7.91. The molecule has 0 saturated heterocycles. The van der Waals surface area contributed by atoms with Crippen molar-refractivity contribution in [2.24, 2.45) is 0 Å². The van der Waals surface area contributed by atoms with Gasteiger partial charge in [0, 0.05) is 27.3 Å². The number of aryl methyl sites for hydroxylation is 1. The maximum absolute atomic E-state index is 6.17. The van der Waals surface area contributed by atoms with Crippen LogP contribution in [0.5, 0.6) is 0 Å². The van der Waals surface area contributed by atoms with Gasteiger partial charge in [-0.25, -0.2) is 0 Å². The second-order valence-corrected chi connectivity index (χ2v) is 6.42. The highest BCUT2D eigenvalue weighted by atomic mass is 35.5. The first-order chi connectivity index (χ1) is 10.8. The number of hydrogen-bond acceptors (Lipinski definition) is 1. The van der Waals surface area contributed by atoms with Gasteiger partial charge in [0.25, 0.3) is 0 Å². The maximum atomic E-state index is 6.17. The number of fused-ring (bicyclic) bond motifs is 3. The van der Waals surface area contributed by atoms with Crippen molar-refractivity contribution in [1.82, 2.24) is 10.3 Å². The van der Waals surface area contributed by atoms with E-state index < -0.39 is 0 Å². The Labute approximate surface area is 135 Å². The highest BCUT2D eigenvalue weighted by molar-refractivity contribution is 6.31. The number of aromatic amines is 1. The molecular weight excluding hydrogens is 292 g/mol. The van der Waals surface area contributed by atoms with Crippen LogP contribution in [0, 0.1) is 0 Å². The smallest absolute Gasteiger partial charge is 0.0666 e. The monoisotopic (exact) mass is 310 g/mol. The molecule has 2 aliphatic carbocycles. The molecule has 1 aromatic carbocycles. The third-order valence-electron chi connectivity index (χ3n) is 4.51. The first-order valence-corrected chi connectivity index (χ1v) is 8.29. The largest absolute Gasteiger partial charge is 0.377 e. The average molecular weight is 311 g/mol. The molecule has 0 bridgehead atoms. The summed E-state index contributed by atoms with van der Waals surface area (Å²) < 4.78 is 0. The third-order valence-corrected chi connectivity index (χ3v) is 4.74. The van der Waals surface area contributed by atoms with E-state index in [1.54, 1.807) is 0 Å². The van der Waals surface area contributed by atoms with Crippen molar-refractivity contribution in [3.63, 3.8) is 0 Å². The minimum atomic E-state index is 0.351. The lowest BCUT2D eigenvalue weighted by molar-refractivity contribution is 0.496. The van der Waals surface area contributed by atoms with Crippen molar-refractivity contribution in [1.29, 1.82) is 0 Å². The van der Waals surface area contributed by atoms with E-state index in [0.717, 1.165) is 24.3 Å². The van der Waals surface area contributed by atoms with Crippen LogP contribution in [-0.2, 0) is 6.42 Å². The highest BCUT2D eigenvalue weighted by Crippen LogP contribution is 2.36. The standard InChI is InChI=1S/C19H19ClN2/c20-13-10-11-17-16(12-13)15-8-5-9-18(19(15)22-17)21-14-6-3-1-2-4-7-14/h1-3,6-7,10-12,18,21-22H,4-5,8-9H2. The van der Waals surface area contributed by atoms with Crippen molar-refractivity contribution in [3.8, 4) is 0 Å². The molecule has 112 valence electrons. The molecular formula is C19H19ClN2. The summed E-state index contributed by atoms with van der Waals surface area (Å²) in [5, 5.41) is 5.79. The van der Waals surface area contributed by atoms with Gasteiger partial charge in [-0.2, -0.15) is 0 Å². The van der Waals surface area contributed by atoms with Crippen molar-refractivity contribution >= 4 is 22.5 Å². The molecule has 1 aromatic heterocycles. The van der Waals surface area contributed by atoms with Crippen LogP contribution >= 0.6 is 11.6 Å². The molecule has 2 aromatic rings. The lowest BCUT2D eigenvalue weighted by Gasteiger charge is -2.25. The Kier molecular flexibility index (Phi) is 3.55. The molecule has 0 saturated carbocycles. The quantitative estimate of drug-likeness (QED) is 0.785. The molecule has 2 nitrogen and oxygen atoms in total. The van der Waals surface area contributed by atoms with Gasteiger partial charge in [-0.3, -0.25) is 0 Å². The Morgan fingerprint density at radius 2 is 2.18 bits per heavy atom. The molecule has 0 aliphatic heterocycles. The topological polar surface area (TPSA) is 27.8 Å². The van der Waals surface area contributed by atoms with E-state index in [-0.39, 0.29) is 0 Å². The van der Waals surface area contributed by atoms with Gasteiger partial charge in [-0.1, -0.05) is 35.9 Å². The normalized spacial score (nSPS) is 20.6. The molecule has 0 fully saturated rings. The lowest BCUT2D eigenvalue weighted by atomic mass is 9.91. The molecule has 2 aliphatic rings. The number of halogens is 1. The molecule has 22 heavy (non-hydrogen) atoms. The van der Waals surface area contributed by atoms with E-state index in [9.17, 15) is 0 Å². The summed E-state index contributed by atoms with van der Waals surface area (Å²) in [4.78, 5) is 3.61. The Morgan fingerprint density at radius 1 is 1.23 bits per heavy atom. The van der Waals surface area contributed by atoms with Gasteiger partial charge in [0.1, 0.15) is 0 Å². The number of hydrogen-bond donors (Lipinski definition) is 2. The van der Waals surface area contributed by atoms with Gasteiger partial charge >= 0.3 is 0 Å². The van der Waals surface area contributed by atoms with Crippen molar-refractivity contribution in [3.05, 3.63) is 70.6 Å². The summed E-state index contributed by atoms with van der Waals surface area (Å²) in [5.41, 5.74) is 5.15. The van der Waals surface area contributed by atoms with Crippen molar-refractivity contribution < 1.29 is 0 Å². The van der Waals surface area contributed by atoms with Gasteiger partial charge in [-0.15, -0.1) is 0 Å². The molecule has 4 rings (SSSR count). The predicted molar refractivity (Wildman–Crippen MR) is 93.1 cm³/mol. The first kappa shape index (κ1) is 13.7. The van der Waals surface area contributed by atoms with Crippen LogP contribution in [0.3, 0.4) is 0 Å². The second kappa shape index (κ2) is 5.69. The fourth-order valence-corrected chi connectivity index (χ4v) is 3.64. The van der Waals surface area contributed by atoms with Gasteiger partial charge < -0.3 is 10.3 Å². The van der Waals surface area contributed by atoms with Crippen molar-refractivity contribution in [2.45, 2.75) is 31.7 Å². The van der Waals surface area contributed by atoms with Crippen LogP contribution < -0.4 is 5.32 Å². The number of rotatable bonds is 2. The molecule has 0 spiro atoms. The second-order valence-electron chi connectivity index (χ2n) is 5.98. The van der Waals surface area contributed by atoms with Crippen LogP contribution in [0.25, 0.3) is 10.9 Å². The Balaban J connectivity index is 1.70. The summed E-state index contributed by atoms with van der Waals surface area (Å²) in [7, 11) is 0. The maximum Gasteiger partial charge on any atom is 0.0666 e. The zero-order valence-corrected chi connectivity index (χ0v) is 13.2. The van der Waals surface area contributed by atoms with Gasteiger partial charge in [0.2, 0.25) is 0 Å². The molecule has 2 N–H and O–H groups in total. The summed E-state index contributed by atoms with van der Waals surface area (Å²) >= 11 is 6.17. The van der Waals surface area contributed by atoms with Crippen LogP contribution in [-0.4, -0.2) is 4.98 Å². The third kappa shape index (κ3) is 2.48. The molecule has 0 radical (unpaired) electrons. The molecule has 1 atom stereocenters. The minimum Gasteiger partial charge on any atom is -0.377 e. The summed E-state index contributed by atoms with van der Waals surface area (Å²) in [5.74, 6) is 0. The minimum absolute atomic E-state index is 0.351. The van der Waals surface area contributed by atoms with E-state index >= 15 is 0 Å². The summed E-state index contributed by atoms with van der Waals surface area (Å²) in [6.07, 6.45) is 15.2. The summed E-state index contributed by atoms with van der Waals surface area (Å²) in [6.45, 7) is 0. The zero-order chi connectivity index (χ0) is 14.9. The Morgan fingerprint density at radius 3 is 3.14 bits per heavy atom. The molecule has 1 unspecified atom stereocenters. The van der Waals surface area contributed by atoms with E-state index in [1.165, 1.54) is 34.3 Å². The van der Waals surface area contributed by atoms with Gasteiger partial charge in [0.05, 0.1) is 6.04 Å². The predicted octanol–water partition coefficient (Wildman–Crippen LogP) is 5.19. The molecule has 0 amide bonds. The Bertz CT molecular complexity index is 795. The van der Waals surface area contributed by atoms with Gasteiger partial charge in [0.15, 0.2) is 0 Å². The number of allylic oxidation sites excluding steroid dienone is 5. The lowest BCUT2D eigenvalue weighted by Crippen LogP contribution is -2.24. The fraction of sp³-hybridized carbons (Fsp3) is 0.263. The van der Waals surface area contributed by atoms with E-state index in [2.05, 4.69) is 52.8 Å². The number of aromatic nitrogens is 1. The van der Waals surface area contributed by atoms with Crippen LogP contribution in [0.4, 0.5) is 0 Å². The molecule has 1 heterocycles. The van der Waals surface area contributed by atoms with E-state index in [0.29, 0.717) is 6.04 Å². The van der Waals surface area contributed by atoms with E-state index in [1.807, 2.05) is 6.07 Å². The van der Waals surface area contributed by atoms with Crippen LogP contribution in [0.15, 0.2) is 54.3 Å². The summed E-state index contributed by atoms with van der Waals surface area (Å²) in [6, 6.07) is 6.48. The number of benzene rings is 1. The number of nitrogens with one attached hydrogen (secondary N) is 2. The van der Waals surface area contributed by atoms with E-state index in [4.69, 9.17) is 11.6 Å². The van der Waals surface area contributed by atoms with Crippen LogP contribution in [0.2, 0.25) is 5.02 Å². The van der Waals surface area contributed by atoms with Crippen LogP contribution in [0.1, 0.15) is 36.6 Å². The fourth-order valence-electron chi connectivity index (χ4n) is 3.47.